The van der Waals surface area contributed by atoms with Crippen molar-refractivity contribution >= 4 is 41.8 Å². The molecule has 1 atom stereocenters. The van der Waals surface area contributed by atoms with Gasteiger partial charge in [-0.3, -0.25) is 4.79 Å². The lowest BCUT2D eigenvalue weighted by atomic mass is 9.97. The van der Waals surface area contributed by atoms with Gasteiger partial charge in [-0.25, -0.2) is 8.70 Å². The zero-order valence-electron chi connectivity index (χ0n) is 8.23. The Morgan fingerprint density at radius 3 is 2.65 bits per heavy atom. The largest absolute Gasteiger partial charge is 0.324 e. The molecule has 1 amide bonds. The molecule has 0 saturated carbocycles. The standard InChI is InChI=1S/C9H6BrClFNO3S/c10-7-2-1-5(12)3-6(7)8-4-9(14)13(8)17(11,15)16/h1-3,8H,4H2. The second kappa shape index (κ2) is 4.22. The summed E-state index contributed by atoms with van der Waals surface area (Å²) in [5, 5.41) is 0. The zero-order valence-corrected chi connectivity index (χ0v) is 11.4. The van der Waals surface area contributed by atoms with Crippen LogP contribution in [0.2, 0.25) is 0 Å². The Morgan fingerprint density at radius 2 is 2.12 bits per heavy atom. The summed E-state index contributed by atoms with van der Waals surface area (Å²) in [4.78, 5) is 11.2. The van der Waals surface area contributed by atoms with Gasteiger partial charge in [0.2, 0.25) is 5.91 Å². The van der Waals surface area contributed by atoms with Crippen LogP contribution in [0.15, 0.2) is 22.7 Å². The lowest BCUT2D eigenvalue weighted by molar-refractivity contribution is -0.137. The van der Waals surface area contributed by atoms with E-state index in [1.807, 2.05) is 0 Å². The van der Waals surface area contributed by atoms with E-state index < -0.39 is 27.0 Å². The third kappa shape index (κ3) is 2.31. The molecule has 92 valence electrons. The molecule has 1 heterocycles. The molecular formula is C9H6BrClFNO3S. The van der Waals surface area contributed by atoms with E-state index in [4.69, 9.17) is 10.7 Å². The second-order valence-electron chi connectivity index (χ2n) is 3.52. The number of benzene rings is 1. The average molecular weight is 343 g/mol. The highest BCUT2D eigenvalue weighted by Gasteiger charge is 2.45. The van der Waals surface area contributed by atoms with Gasteiger partial charge in [0.1, 0.15) is 5.82 Å². The van der Waals surface area contributed by atoms with Crippen LogP contribution in [0.3, 0.4) is 0 Å². The maximum Gasteiger partial charge on any atom is 0.324 e. The monoisotopic (exact) mass is 341 g/mol. The molecule has 2 rings (SSSR count). The number of carbonyl (C=O) groups is 1. The molecule has 4 nitrogen and oxygen atoms in total. The Kier molecular flexibility index (Phi) is 3.17. The van der Waals surface area contributed by atoms with Gasteiger partial charge in [0.15, 0.2) is 0 Å². The van der Waals surface area contributed by atoms with E-state index in [0.717, 1.165) is 0 Å². The first-order valence-corrected chi connectivity index (χ1v) is 7.58. The first kappa shape index (κ1) is 12.8. The van der Waals surface area contributed by atoms with E-state index in [-0.39, 0.29) is 6.42 Å². The third-order valence-electron chi connectivity index (χ3n) is 2.45. The van der Waals surface area contributed by atoms with Gasteiger partial charge in [-0.05, 0) is 23.8 Å². The number of rotatable bonds is 2. The minimum Gasteiger partial charge on any atom is -0.274 e. The number of hydrogen-bond donors (Lipinski definition) is 0. The SMILES string of the molecule is O=C1CC(c2cc(F)ccc2Br)N1S(=O)(=O)Cl. The van der Waals surface area contributed by atoms with E-state index in [2.05, 4.69) is 15.9 Å². The van der Waals surface area contributed by atoms with Gasteiger partial charge >= 0.3 is 9.24 Å². The highest BCUT2D eigenvalue weighted by molar-refractivity contribution is 9.10. The van der Waals surface area contributed by atoms with Gasteiger partial charge in [0.05, 0.1) is 12.5 Å². The fourth-order valence-electron chi connectivity index (χ4n) is 1.68. The molecule has 1 aromatic rings. The molecule has 1 unspecified atom stereocenters. The Hall–Kier alpha value is -0.660. The maximum atomic E-state index is 13.1. The van der Waals surface area contributed by atoms with Crippen molar-refractivity contribution < 1.29 is 17.6 Å². The van der Waals surface area contributed by atoms with Crippen LogP contribution in [0.4, 0.5) is 4.39 Å². The predicted molar refractivity (Wildman–Crippen MR) is 63.1 cm³/mol. The van der Waals surface area contributed by atoms with Crippen molar-refractivity contribution in [3.8, 4) is 0 Å². The summed E-state index contributed by atoms with van der Waals surface area (Å²) >= 11 is 3.18. The highest BCUT2D eigenvalue weighted by Crippen LogP contribution is 2.41. The molecule has 1 saturated heterocycles. The number of halogens is 3. The molecule has 1 aliphatic rings. The molecule has 1 fully saturated rings. The van der Waals surface area contributed by atoms with Crippen molar-refractivity contribution in [2.75, 3.05) is 0 Å². The maximum absolute atomic E-state index is 13.1. The van der Waals surface area contributed by atoms with Crippen molar-refractivity contribution in [1.29, 1.82) is 0 Å². The van der Waals surface area contributed by atoms with Crippen LogP contribution in [-0.2, 0) is 14.0 Å². The molecule has 1 aliphatic heterocycles. The number of amides is 1. The number of hydrogen-bond acceptors (Lipinski definition) is 3. The normalized spacial score (nSPS) is 20.3. The molecular weight excluding hydrogens is 337 g/mol. The predicted octanol–water partition coefficient (Wildman–Crippen LogP) is 2.35. The van der Waals surface area contributed by atoms with Gasteiger partial charge in [-0.2, -0.15) is 8.42 Å². The zero-order chi connectivity index (χ0) is 12.8. The third-order valence-corrected chi connectivity index (χ3v) is 4.55. The molecule has 8 heteroatoms. The van der Waals surface area contributed by atoms with E-state index >= 15 is 0 Å². The van der Waals surface area contributed by atoms with Crippen LogP contribution >= 0.6 is 26.6 Å². The van der Waals surface area contributed by atoms with Crippen molar-refractivity contribution in [2.24, 2.45) is 0 Å². The Balaban J connectivity index is 2.42. The number of carbonyl (C=O) groups excluding carboxylic acids is 1. The average Bonchev–Trinajstić information content (AvgIpc) is 2.15. The Bertz CT molecular complexity index is 592. The van der Waals surface area contributed by atoms with Gasteiger partial charge in [0, 0.05) is 15.2 Å². The quantitative estimate of drug-likeness (QED) is 0.612. The van der Waals surface area contributed by atoms with Gasteiger partial charge < -0.3 is 0 Å². The fraction of sp³-hybridized carbons (Fsp3) is 0.222. The topological polar surface area (TPSA) is 54.5 Å². The van der Waals surface area contributed by atoms with Crippen molar-refractivity contribution in [3.63, 3.8) is 0 Å². The van der Waals surface area contributed by atoms with E-state index in [1.165, 1.54) is 18.2 Å². The van der Waals surface area contributed by atoms with Crippen LogP contribution in [0, 0.1) is 5.82 Å². The van der Waals surface area contributed by atoms with Crippen LogP contribution in [0.5, 0.6) is 0 Å². The lowest BCUT2D eigenvalue weighted by Crippen LogP contribution is -2.48. The highest BCUT2D eigenvalue weighted by atomic mass is 79.9. The van der Waals surface area contributed by atoms with E-state index in [1.54, 1.807) is 0 Å². The molecule has 17 heavy (non-hydrogen) atoms. The van der Waals surface area contributed by atoms with Crippen molar-refractivity contribution in [2.45, 2.75) is 12.5 Å². The smallest absolute Gasteiger partial charge is 0.274 e. The van der Waals surface area contributed by atoms with Crippen molar-refractivity contribution in [1.82, 2.24) is 4.31 Å². The molecule has 0 bridgehead atoms. The summed E-state index contributed by atoms with van der Waals surface area (Å²) in [6.07, 6.45) is -0.00595. The molecule has 0 radical (unpaired) electrons. The first-order valence-electron chi connectivity index (χ1n) is 4.52. The molecule has 0 N–H and O–H groups in total. The molecule has 0 spiro atoms. The summed E-state index contributed by atoms with van der Waals surface area (Å²) in [6.45, 7) is 0. The van der Waals surface area contributed by atoms with Crippen LogP contribution in [-0.4, -0.2) is 18.6 Å². The first-order chi connectivity index (χ1) is 7.80. The van der Waals surface area contributed by atoms with Gasteiger partial charge in [-0.1, -0.05) is 15.9 Å². The molecule has 0 aliphatic carbocycles. The van der Waals surface area contributed by atoms with Crippen LogP contribution < -0.4 is 0 Å². The summed E-state index contributed by atoms with van der Waals surface area (Å²) in [5.74, 6) is -1.10. The number of nitrogens with zero attached hydrogens (tertiary/aromatic N) is 1. The molecule has 0 aromatic heterocycles. The summed E-state index contributed by atoms with van der Waals surface area (Å²) in [7, 11) is 1.01. The van der Waals surface area contributed by atoms with Crippen LogP contribution in [0.1, 0.15) is 18.0 Å². The fourth-order valence-corrected chi connectivity index (χ4v) is 3.52. The van der Waals surface area contributed by atoms with Crippen molar-refractivity contribution in [3.05, 3.63) is 34.1 Å². The Morgan fingerprint density at radius 1 is 1.47 bits per heavy atom. The second-order valence-corrected chi connectivity index (χ2v) is 6.76. The minimum atomic E-state index is -4.13. The summed E-state index contributed by atoms with van der Waals surface area (Å²) < 4.78 is 36.5. The van der Waals surface area contributed by atoms with E-state index in [9.17, 15) is 17.6 Å². The molecule has 1 aromatic carbocycles. The summed E-state index contributed by atoms with van der Waals surface area (Å²) in [5.41, 5.74) is 0.383. The van der Waals surface area contributed by atoms with E-state index in [0.29, 0.717) is 14.3 Å². The minimum absolute atomic E-state index is 0.00595. The summed E-state index contributed by atoms with van der Waals surface area (Å²) in [6, 6.07) is 3.12. The Labute approximate surface area is 110 Å². The van der Waals surface area contributed by atoms with Gasteiger partial charge in [-0.15, -0.1) is 0 Å². The van der Waals surface area contributed by atoms with Crippen LogP contribution in [0.25, 0.3) is 0 Å². The number of β-lactam (4-membered cyclic amide) rings is 1. The lowest BCUT2D eigenvalue weighted by Gasteiger charge is -2.37. The van der Waals surface area contributed by atoms with Gasteiger partial charge in [0.25, 0.3) is 0 Å².